The zero-order valence-electron chi connectivity index (χ0n) is 17.9. The molecule has 2 amide bonds. The van der Waals surface area contributed by atoms with Gasteiger partial charge in [0.05, 0.1) is 22.2 Å². The van der Waals surface area contributed by atoms with Crippen LogP contribution in [0.3, 0.4) is 0 Å². The van der Waals surface area contributed by atoms with Crippen LogP contribution in [0.1, 0.15) is 48.6 Å². The van der Waals surface area contributed by atoms with Crippen LogP contribution in [0.2, 0.25) is 4.34 Å². The molecular formula is C24H25ClN2O5S. The lowest BCUT2D eigenvalue weighted by Crippen LogP contribution is -2.58. The Kier molecular flexibility index (Phi) is 5.71. The van der Waals surface area contributed by atoms with Crippen LogP contribution in [0.25, 0.3) is 0 Å². The van der Waals surface area contributed by atoms with Gasteiger partial charge in [0.1, 0.15) is 11.3 Å². The van der Waals surface area contributed by atoms with Crippen molar-refractivity contribution >= 4 is 40.7 Å². The van der Waals surface area contributed by atoms with Crippen LogP contribution in [-0.2, 0) is 20.8 Å². The Morgan fingerprint density at radius 3 is 2.39 bits per heavy atom. The van der Waals surface area contributed by atoms with Gasteiger partial charge in [0.15, 0.2) is 0 Å². The predicted octanol–water partition coefficient (Wildman–Crippen LogP) is 3.75. The molecule has 4 unspecified atom stereocenters. The first-order chi connectivity index (χ1) is 15.8. The molecule has 1 aliphatic carbocycles. The maximum absolute atomic E-state index is 13.8. The Hall–Kier alpha value is -2.42. The highest BCUT2D eigenvalue weighted by Gasteiger charge is 2.69. The fourth-order valence-electron chi connectivity index (χ4n) is 5.83. The van der Waals surface area contributed by atoms with Gasteiger partial charge in [-0.05, 0) is 42.7 Å². The lowest BCUT2D eigenvalue weighted by Gasteiger charge is -2.34. The van der Waals surface area contributed by atoms with E-state index in [2.05, 4.69) is 5.32 Å². The average molecular weight is 489 g/mol. The SMILES string of the molecule is O=C1C2C(c3ccc(Cl)s3)NC(Cc3ccc(O)cc3)(C(=O)O)C2C(=O)N1C1CCCCC1. The van der Waals surface area contributed by atoms with Gasteiger partial charge in [-0.2, -0.15) is 0 Å². The Balaban J connectivity index is 1.60. The van der Waals surface area contributed by atoms with Gasteiger partial charge in [0.25, 0.3) is 0 Å². The van der Waals surface area contributed by atoms with E-state index in [4.69, 9.17) is 11.6 Å². The van der Waals surface area contributed by atoms with E-state index in [1.807, 2.05) is 0 Å². The molecule has 1 aromatic heterocycles. The van der Waals surface area contributed by atoms with E-state index < -0.39 is 35.3 Å². The van der Waals surface area contributed by atoms with E-state index >= 15 is 0 Å². The fraction of sp³-hybridized carbons (Fsp3) is 0.458. The van der Waals surface area contributed by atoms with Gasteiger partial charge in [0, 0.05) is 17.3 Å². The van der Waals surface area contributed by atoms with Crippen molar-refractivity contribution in [3.8, 4) is 5.75 Å². The van der Waals surface area contributed by atoms with Crippen LogP contribution < -0.4 is 5.32 Å². The van der Waals surface area contributed by atoms with Crippen LogP contribution in [-0.4, -0.2) is 44.5 Å². The van der Waals surface area contributed by atoms with Gasteiger partial charge in [-0.25, -0.2) is 0 Å². The highest BCUT2D eigenvalue weighted by molar-refractivity contribution is 7.16. The largest absolute Gasteiger partial charge is 0.508 e. The van der Waals surface area contributed by atoms with Crippen LogP contribution in [0.4, 0.5) is 0 Å². The molecule has 7 nitrogen and oxygen atoms in total. The molecule has 5 rings (SSSR count). The summed E-state index contributed by atoms with van der Waals surface area (Å²) in [5.41, 5.74) is -0.999. The van der Waals surface area contributed by atoms with Gasteiger partial charge in [-0.1, -0.05) is 43.0 Å². The maximum atomic E-state index is 13.8. The van der Waals surface area contributed by atoms with Crippen molar-refractivity contribution in [3.05, 3.63) is 51.2 Å². The maximum Gasteiger partial charge on any atom is 0.325 e. The zero-order chi connectivity index (χ0) is 23.3. The highest BCUT2D eigenvalue weighted by atomic mass is 35.5. The molecule has 1 saturated carbocycles. The van der Waals surface area contributed by atoms with Crippen molar-refractivity contribution in [1.82, 2.24) is 10.2 Å². The first-order valence-corrected chi connectivity index (χ1v) is 12.4. The molecule has 2 saturated heterocycles. The van der Waals surface area contributed by atoms with Crippen molar-refractivity contribution in [3.63, 3.8) is 0 Å². The number of imide groups is 1. The van der Waals surface area contributed by atoms with Gasteiger partial charge >= 0.3 is 5.97 Å². The monoisotopic (exact) mass is 488 g/mol. The minimum absolute atomic E-state index is 0.0108. The predicted molar refractivity (Wildman–Crippen MR) is 123 cm³/mol. The number of carboxylic acid groups (broad SMARTS) is 1. The summed E-state index contributed by atoms with van der Waals surface area (Å²) in [4.78, 5) is 42.5. The first-order valence-electron chi connectivity index (χ1n) is 11.2. The molecule has 3 fully saturated rings. The number of rotatable bonds is 5. The second kappa shape index (κ2) is 8.42. The van der Waals surface area contributed by atoms with Gasteiger partial charge < -0.3 is 10.2 Å². The molecular weight excluding hydrogens is 464 g/mol. The third-order valence-corrected chi connectivity index (χ3v) is 8.64. The van der Waals surface area contributed by atoms with Crippen molar-refractivity contribution in [2.24, 2.45) is 11.8 Å². The third kappa shape index (κ3) is 3.64. The second-order valence-corrected chi connectivity index (χ2v) is 11.0. The number of phenolic OH excluding ortho intramolecular Hbond substituents is 1. The molecule has 3 aliphatic rings. The van der Waals surface area contributed by atoms with E-state index in [-0.39, 0.29) is 24.1 Å². The second-order valence-electron chi connectivity index (χ2n) is 9.23. The number of fused-ring (bicyclic) bond motifs is 1. The van der Waals surface area contributed by atoms with E-state index in [1.54, 1.807) is 24.3 Å². The summed E-state index contributed by atoms with van der Waals surface area (Å²) in [5.74, 6) is -3.60. The molecule has 0 radical (unpaired) electrons. The number of phenols is 1. The normalized spacial score (nSPS) is 30.1. The number of carbonyl (C=O) groups excluding carboxylic acids is 2. The molecule has 33 heavy (non-hydrogen) atoms. The number of hydrogen-bond acceptors (Lipinski definition) is 6. The standard InChI is InChI=1S/C24H25ClN2O5S/c25-17-11-10-16(33-17)20-18-19(22(30)27(21(18)29)14-4-2-1-3-5-14)24(26-20,23(31)32)12-13-6-8-15(28)9-7-13/h6-11,14,18-20,26,28H,1-5,12H2,(H,31,32). The number of nitrogens with one attached hydrogen (secondary N) is 1. The van der Waals surface area contributed by atoms with Crippen LogP contribution in [0.15, 0.2) is 36.4 Å². The Morgan fingerprint density at radius 2 is 1.79 bits per heavy atom. The van der Waals surface area contributed by atoms with Crippen molar-refractivity contribution in [2.45, 2.75) is 56.1 Å². The number of aromatic hydroxyl groups is 1. The van der Waals surface area contributed by atoms with Crippen LogP contribution >= 0.6 is 22.9 Å². The number of carbonyl (C=O) groups is 3. The lowest BCUT2D eigenvalue weighted by atomic mass is 9.76. The van der Waals surface area contributed by atoms with Gasteiger partial charge in [-0.15, -0.1) is 11.3 Å². The number of likely N-dealkylation sites (tertiary alicyclic amines) is 1. The molecule has 4 atom stereocenters. The highest BCUT2D eigenvalue weighted by Crippen LogP contribution is 2.52. The summed E-state index contributed by atoms with van der Waals surface area (Å²) in [5, 5.41) is 23.3. The molecule has 3 heterocycles. The van der Waals surface area contributed by atoms with Gasteiger partial charge in [-0.3, -0.25) is 24.6 Å². The molecule has 2 aliphatic heterocycles. The number of thiophene rings is 1. The van der Waals surface area contributed by atoms with Crippen LogP contribution in [0, 0.1) is 11.8 Å². The zero-order valence-corrected chi connectivity index (χ0v) is 19.4. The summed E-state index contributed by atoms with van der Waals surface area (Å²) < 4.78 is 0.538. The molecule has 0 spiro atoms. The van der Waals surface area contributed by atoms with Gasteiger partial charge in [0.2, 0.25) is 11.8 Å². The number of aliphatic carboxylic acids is 1. The Labute approximate surface area is 200 Å². The third-order valence-electron chi connectivity index (χ3n) is 7.33. The van der Waals surface area contributed by atoms with Crippen molar-refractivity contribution in [1.29, 1.82) is 0 Å². The minimum Gasteiger partial charge on any atom is -0.508 e. The van der Waals surface area contributed by atoms with Crippen LogP contribution in [0.5, 0.6) is 5.75 Å². The molecule has 2 aromatic rings. The Bertz CT molecular complexity index is 1100. The van der Waals surface area contributed by atoms with E-state index in [0.29, 0.717) is 9.90 Å². The summed E-state index contributed by atoms with van der Waals surface area (Å²) in [6.07, 6.45) is 4.53. The first kappa shape index (κ1) is 22.4. The number of nitrogens with zero attached hydrogens (tertiary/aromatic N) is 1. The van der Waals surface area contributed by atoms with Crippen molar-refractivity contribution in [2.75, 3.05) is 0 Å². The minimum atomic E-state index is -1.65. The molecule has 174 valence electrons. The van der Waals surface area contributed by atoms with E-state index in [0.717, 1.165) is 37.0 Å². The molecule has 3 N–H and O–H groups in total. The van der Waals surface area contributed by atoms with E-state index in [9.17, 15) is 24.6 Å². The lowest BCUT2D eigenvalue weighted by molar-refractivity contribution is -0.152. The number of halogens is 1. The number of amides is 2. The molecule has 0 bridgehead atoms. The average Bonchev–Trinajstić information content (AvgIpc) is 3.45. The summed E-state index contributed by atoms with van der Waals surface area (Å²) in [6.45, 7) is 0. The summed E-state index contributed by atoms with van der Waals surface area (Å²) >= 11 is 7.45. The van der Waals surface area contributed by atoms with E-state index in [1.165, 1.54) is 28.4 Å². The smallest absolute Gasteiger partial charge is 0.325 e. The Morgan fingerprint density at radius 1 is 1.09 bits per heavy atom. The fourth-order valence-corrected chi connectivity index (χ4v) is 6.99. The quantitative estimate of drug-likeness (QED) is 0.553. The summed E-state index contributed by atoms with van der Waals surface area (Å²) in [6, 6.07) is 9.00. The number of carboxylic acids is 1. The number of benzene rings is 1. The summed E-state index contributed by atoms with van der Waals surface area (Å²) in [7, 11) is 0. The molecule has 9 heteroatoms. The topological polar surface area (TPSA) is 107 Å². The number of hydrogen-bond donors (Lipinski definition) is 3. The molecule has 1 aromatic carbocycles. The van der Waals surface area contributed by atoms with Crippen molar-refractivity contribution < 1.29 is 24.6 Å².